The van der Waals surface area contributed by atoms with Crippen LogP contribution in [-0.4, -0.2) is 44.5 Å². The van der Waals surface area contributed by atoms with Crippen LogP contribution in [0.2, 0.25) is 0 Å². The first-order valence-corrected chi connectivity index (χ1v) is 15.0. The molecule has 4 aromatic carbocycles. The summed E-state index contributed by atoms with van der Waals surface area (Å²) in [5.41, 5.74) is 23.9. The molecule has 0 fully saturated rings. The summed E-state index contributed by atoms with van der Waals surface area (Å²) in [4.78, 5) is 38.6. The SMILES string of the molecule is CC=Nc1ccccc1Cn1nc2c(N)nc3ccccc3n2c1=O.Nc1ccccc1Cn1nc2c(N)nc3ccccc3n2c1=O. The van der Waals surface area contributed by atoms with Crippen molar-refractivity contribution in [2.75, 3.05) is 17.2 Å². The van der Waals surface area contributed by atoms with Gasteiger partial charge in [-0.05, 0) is 54.4 Å². The average molecular weight is 639 g/mol. The van der Waals surface area contributed by atoms with E-state index in [-0.39, 0.29) is 29.6 Å². The zero-order valence-corrected chi connectivity index (χ0v) is 25.8. The molecule has 0 saturated heterocycles. The number of aliphatic imine (C=N–C) groups is 1. The molecule has 0 saturated carbocycles. The summed E-state index contributed by atoms with van der Waals surface area (Å²) in [6.45, 7) is 2.44. The Bertz CT molecular complexity index is 2630. The van der Waals surface area contributed by atoms with Crippen molar-refractivity contribution in [3.63, 3.8) is 0 Å². The van der Waals surface area contributed by atoms with Gasteiger partial charge in [0.1, 0.15) is 0 Å². The number of rotatable bonds is 5. The molecular weight excluding hydrogens is 608 g/mol. The Hall–Kier alpha value is -6.83. The van der Waals surface area contributed by atoms with E-state index in [2.05, 4.69) is 25.2 Å². The first kappa shape index (κ1) is 29.9. The Labute approximate surface area is 272 Å². The van der Waals surface area contributed by atoms with E-state index in [0.717, 1.165) is 16.8 Å². The molecule has 238 valence electrons. The Morgan fingerprint density at radius 1 is 0.625 bits per heavy atom. The molecule has 0 atom stereocenters. The predicted octanol–water partition coefficient (Wildman–Crippen LogP) is 3.65. The van der Waals surface area contributed by atoms with Crippen molar-refractivity contribution < 1.29 is 0 Å². The largest absolute Gasteiger partial charge is 0.398 e. The van der Waals surface area contributed by atoms with Crippen LogP contribution in [0.15, 0.2) is 112 Å². The second-order valence-electron chi connectivity index (χ2n) is 10.9. The Morgan fingerprint density at radius 3 is 1.62 bits per heavy atom. The van der Waals surface area contributed by atoms with Crippen LogP contribution in [0.5, 0.6) is 0 Å². The molecule has 0 unspecified atom stereocenters. The maximum Gasteiger partial charge on any atom is 0.351 e. The summed E-state index contributed by atoms with van der Waals surface area (Å²) >= 11 is 0. The van der Waals surface area contributed by atoms with E-state index in [1.165, 1.54) is 18.2 Å². The molecule has 8 rings (SSSR count). The van der Waals surface area contributed by atoms with Crippen molar-refractivity contribution in [2.24, 2.45) is 4.99 Å². The van der Waals surface area contributed by atoms with Crippen LogP contribution >= 0.6 is 0 Å². The molecule has 4 heterocycles. The van der Waals surface area contributed by atoms with Gasteiger partial charge >= 0.3 is 11.4 Å². The maximum atomic E-state index is 12.9. The van der Waals surface area contributed by atoms with E-state index in [1.807, 2.05) is 97.9 Å². The van der Waals surface area contributed by atoms with Gasteiger partial charge in [-0.3, -0.25) is 4.99 Å². The van der Waals surface area contributed by atoms with Crippen LogP contribution in [0.25, 0.3) is 33.4 Å². The molecule has 48 heavy (non-hydrogen) atoms. The lowest BCUT2D eigenvalue weighted by Gasteiger charge is -2.04. The van der Waals surface area contributed by atoms with Crippen LogP contribution in [0.4, 0.5) is 23.0 Å². The lowest BCUT2D eigenvalue weighted by Crippen LogP contribution is -2.22. The zero-order chi connectivity index (χ0) is 33.4. The van der Waals surface area contributed by atoms with Gasteiger partial charge in [0.05, 0.1) is 40.8 Å². The average Bonchev–Trinajstić information content (AvgIpc) is 3.60. The number of benzene rings is 4. The van der Waals surface area contributed by atoms with Crippen molar-refractivity contribution >= 4 is 62.6 Å². The van der Waals surface area contributed by atoms with E-state index in [9.17, 15) is 9.59 Å². The molecule has 8 aromatic rings. The number of aromatic nitrogens is 8. The summed E-state index contributed by atoms with van der Waals surface area (Å²) < 4.78 is 5.73. The van der Waals surface area contributed by atoms with Gasteiger partial charge in [0.15, 0.2) is 11.6 Å². The summed E-state index contributed by atoms with van der Waals surface area (Å²) in [7, 11) is 0. The fourth-order valence-electron chi connectivity index (χ4n) is 5.55. The fraction of sp³-hybridized carbons (Fsp3) is 0.0882. The molecule has 0 amide bonds. The van der Waals surface area contributed by atoms with Gasteiger partial charge in [0.2, 0.25) is 11.3 Å². The number of anilines is 3. The predicted molar refractivity (Wildman–Crippen MR) is 188 cm³/mol. The van der Waals surface area contributed by atoms with Gasteiger partial charge in [-0.25, -0.2) is 37.7 Å². The fourth-order valence-corrected chi connectivity index (χ4v) is 5.55. The molecule has 6 N–H and O–H groups in total. The molecule has 0 aliphatic carbocycles. The number of hydrogen-bond acceptors (Lipinski definition) is 10. The summed E-state index contributed by atoms with van der Waals surface area (Å²) in [6.07, 6.45) is 1.72. The molecule has 0 radical (unpaired) electrons. The van der Waals surface area contributed by atoms with Gasteiger partial charge in [-0.15, -0.1) is 10.2 Å². The minimum atomic E-state index is -0.270. The van der Waals surface area contributed by atoms with Crippen molar-refractivity contribution in [3.8, 4) is 0 Å². The first-order chi connectivity index (χ1) is 23.3. The summed E-state index contributed by atoms with van der Waals surface area (Å²) in [6, 6.07) is 29.7. The summed E-state index contributed by atoms with van der Waals surface area (Å²) in [5, 5.41) is 8.71. The highest BCUT2D eigenvalue weighted by molar-refractivity contribution is 5.82. The van der Waals surface area contributed by atoms with Crippen molar-refractivity contribution in [3.05, 3.63) is 129 Å². The van der Waals surface area contributed by atoms with Crippen molar-refractivity contribution in [2.45, 2.75) is 20.0 Å². The van der Waals surface area contributed by atoms with Gasteiger partial charge in [0.25, 0.3) is 0 Å². The van der Waals surface area contributed by atoms with Crippen molar-refractivity contribution in [1.82, 2.24) is 38.3 Å². The van der Waals surface area contributed by atoms with E-state index in [0.29, 0.717) is 45.6 Å². The van der Waals surface area contributed by atoms with Crippen molar-refractivity contribution in [1.29, 1.82) is 0 Å². The number of hydrogen-bond donors (Lipinski definition) is 3. The van der Waals surface area contributed by atoms with E-state index in [1.54, 1.807) is 12.3 Å². The normalized spacial score (nSPS) is 11.5. The number of fused-ring (bicyclic) bond motifs is 6. The molecule has 0 aliphatic heterocycles. The van der Waals surface area contributed by atoms with E-state index >= 15 is 0 Å². The third-order valence-corrected chi connectivity index (χ3v) is 7.82. The quantitative estimate of drug-likeness (QED) is 0.186. The lowest BCUT2D eigenvalue weighted by atomic mass is 10.2. The summed E-state index contributed by atoms with van der Waals surface area (Å²) in [5.74, 6) is 0.454. The van der Waals surface area contributed by atoms with E-state index < -0.39 is 0 Å². The highest BCUT2D eigenvalue weighted by atomic mass is 16.2. The smallest absolute Gasteiger partial charge is 0.351 e. The molecular formula is C34H30N12O2. The third-order valence-electron chi connectivity index (χ3n) is 7.82. The number of nitrogens with two attached hydrogens (primary N) is 3. The maximum absolute atomic E-state index is 12.9. The Kier molecular flexibility index (Phi) is 7.57. The van der Waals surface area contributed by atoms with Gasteiger partial charge in [-0.2, -0.15) is 0 Å². The zero-order valence-electron chi connectivity index (χ0n) is 25.8. The number of nitrogens with zero attached hydrogens (tertiary/aromatic N) is 9. The minimum absolute atomic E-state index is 0.223. The minimum Gasteiger partial charge on any atom is -0.398 e. The molecule has 14 heteroatoms. The van der Waals surface area contributed by atoms with Crippen LogP contribution in [0.3, 0.4) is 0 Å². The second-order valence-corrected chi connectivity index (χ2v) is 10.9. The highest BCUT2D eigenvalue weighted by Crippen LogP contribution is 2.21. The monoisotopic (exact) mass is 638 g/mol. The topological polar surface area (TPSA) is 195 Å². The van der Waals surface area contributed by atoms with Gasteiger partial charge in [-0.1, -0.05) is 60.7 Å². The first-order valence-electron chi connectivity index (χ1n) is 15.0. The molecule has 0 spiro atoms. The van der Waals surface area contributed by atoms with Crippen LogP contribution in [0.1, 0.15) is 18.1 Å². The highest BCUT2D eigenvalue weighted by Gasteiger charge is 2.16. The van der Waals surface area contributed by atoms with Gasteiger partial charge < -0.3 is 17.2 Å². The van der Waals surface area contributed by atoms with Crippen LogP contribution in [0, 0.1) is 0 Å². The number of para-hydroxylation sites is 6. The molecule has 14 nitrogen and oxygen atoms in total. The third kappa shape index (κ3) is 5.26. The Morgan fingerprint density at radius 2 is 1.08 bits per heavy atom. The molecule has 0 aliphatic rings. The lowest BCUT2D eigenvalue weighted by molar-refractivity contribution is 0.661. The standard InChI is InChI=1S/C18H16N6O.C16H14N6O/c1-2-20-13-8-4-3-7-12(13)11-23-18(25)24-15-10-6-5-9-14(15)21-16(19)17(24)22-23;17-11-6-2-1-5-10(11)9-21-16(23)22-13-8-4-3-7-12(13)19-14(18)15(22)20-21/h2-10H,11H2,1H3,(H2,19,21);1-8H,9,17H2,(H2,18,19). The van der Waals surface area contributed by atoms with Gasteiger partial charge in [0, 0.05) is 11.9 Å². The molecule has 0 bridgehead atoms. The van der Waals surface area contributed by atoms with Crippen LogP contribution in [-0.2, 0) is 13.1 Å². The Balaban J connectivity index is 0.000000152. The second kappa shape index (κ2) is 12.2. The molecule has 4 aromatic heterocycles. The number of nitrogen functional groups attached to an aromatic ring is 3. The van der Waals surface area contributed by atoms with Crippen LogP contribution < -0.4 is 28.6 Å². The van der Waals surface area contributed by atoms with E-state index in [4.69, 9.17) is 17.2 Å².